The van der Waals surface area contributed by atoms with Crippen molar-refractivity contribution in [2.24, 2.45) is 0 Å². The van der Waals surface area contributed by atoms with Gasteiger partial charge in [0.2, 0.25) is 0 Å². The van der Waals surface area contributed by atoms with Crippen LogP contribution >= 0.6 is 0 Å². The Morgan fingerprint density at radius 3 is 2.60 bits per heavy atom. The van der Waals surface area contributed by atoms with Crippen molar-refractivity contribution in [2.45, 2.75) is 38.3 Å². The van der Waals surface area contributed by atoms with Crippen molar-refractivity contribution in [1.82, 2.24) is 10.2 Å². The topological polar surface area (TPSA) is 41.6 Å². The van der Waals surface area contributed by atoms with Gasteiger partial charge in [0.25, 0.3) is 5.91 Å². The Bertz CT molecular complexity index is 414. The van der Waals surface area contributed by atoms with Crippen LogP contribution in [0.2, 0.25) is 0 Å². The highest BCUT2D eigenvalue weighted by molar-refractivity contribution is 5.81. The Balaban J connectivity index is 1.86. The van der Waals surface area contributed by atoms with Crippen LogP contribution < -0.4 is 10.1 Å². The number of nitrogens with zero attached hydrogens (tertiary/aromatic N) is 1. The zero-order chi connectivity index (χ0) is 14.4. The molecule has 1 fully saturated rings. The van der Waals surface area contributed by atoms with Gasteiger partial charge in [-0.15, -0.1) is 0 Å². The number of piperidine rings is 1. The highest BCUT2D eigenvalue weighted by atomic mass is 16.5. The number of para-hydroxylation sites is 1. The molecule has 0 aromatic heterocycles. The average Bonchev–Trinajstić information content (AvgIpc) is 2.48. The molecule has 1 saturated heterocycles. The monoisotopic (exact) mass is 276 g/mol. The van der Waals surface area contributed by atoms with Crippen LogP contribution in [0.4, 0.5) is 0 Å². The maximum absolute atomic E-state index is 12.3. The van der Waals surface area contributed by atoms with Crippen LogP contribution in [0.1, 0.15) is 26.2 Å². The summed E-state index contributed by atoms with van der Waals surface area (Å²) in [6.45, 7) is 4.06. The molecule has 1 aromatic carbocycles. The summed E-state index contributed by atoms with van der Waals surface area (Å²) in [6, 6.07) is 9.81. The zero-order valence-electron chi connectivity index (χ0n) is 12.3. The first kappa shape index (κ1) is 14.9. The number of rotatable bonds is 5. The second kappa shape index (κ2) is 7.29. The lowest BCUT2D eigenvalue weighted by atomic mass is 10.1. The molecule has 1 N–H and O–H groups in total. The maximum atomic E-state index is 12.3. The van der Waals surface area contributed by atoms with Gasteiger partial charge in [-0.2, -0.15) is 0 Å². The molecule has 1 amide bonds. The molecule has 0 unspecified atom stereocenters. The minimum atomic E-state index is -0.406. The molecule has 0 aliphatic carbocycles. The Kier molecular flexibility index (Phi) is 5.41. The number of benzene rings is 1. The predicted octanol–water partition coefficient (Wildman–Crippen LogP) is 2.05. The summed E-state index contributed by atoms with van der Waals surface area (Å²) >= 11 is 0. The largest absolute Gasteiger partial charge is 0.481 e. The van der Waals surface area contributed by atoms with E-state index in [4.69, 9.17) is 4.74 Å². The molecule has 1 heterocycles. The van der Waals surface area contributed by atoms with Crippen molar-refractivity contribution in [2.75, 3.05) is 20.1 Å². The van der Waals surface area contributed by atoms with Crippen LogP contribution in [0.5, 0.6) is 5.75 Å². The molecule has 1 aromatic rings. The number of carbonyl (C=O) groups is 1. The van der Waals surface area contributed by atoms with E-state index in [1.165, 1.54) is 0 Å². The summed E-state index contributed by atoms with van der Waals surface area (Å²) in [5, 5.41) is 3.12. The first-order valence-electron chi connectivity index (χ1n) is 7.39. The minimum absolute atomic E-state index is 0.00547. The van der Waals surface area contributed by atoms with E-state index in [1.54, 1.807) is 0 Å². The minimum Gasteiger partial charge on any atom is -0.481 e. The maximum Gasteiger partial charge on any atom is 0.261 e. The molecule has 4 heteroatoms. The van der Waals surface area contributed by atoms with E-state index in [2.05, 4.69) is 17.3 Å². The number of carbonyl (C=O) groups excluding carboxylic acids is 1. The van der Waals surface area contributed by atoms with Gasteiger partial charge in [-0.25, -0.2) is 0 Å². The van der Waals surface area contributed by atoms with Gasteiger partial charge < -0.3 is 15.0 Å². The number of amides is 1. The fourth-order valence-corrected chi connectivity index (χ4v) is 2.43. The number of ether oxygens (including phenoxy) is 1. The van der Waals surface area contributed by atoms with E-state index in [0.717, 1.165) is 31.7 Å². The van der Waals surface area contributed by atoms with Crippen molar-refractivity contribution >= 4 is 5.91 Å². The van der Waals surface area contributed by atoms with Crippen molar-refractivity contribution < 1.29 is 9.53 Å². The van der Waals surface area contributed by atoms with Gasteiger partial charge in [0.15, 0.2) is 6.10 Å². The van der Waals surface area contributed by atoms with Gasteiger partial charge in [0.05, 0.1) is 0 Å². The molecule has 110 valence electrons. The van der Waals surface area contributed by atoms with E-state index in [9.17, 15) is 4.79 Å². The summed E-state index contributed by atoms with van der Waals surface area (Å²) < 4.78 is 5.77. The SMILES string of the molecule is CC[C@@H](Oc1ccccc1)C(=O)NC1CCN(C)CC1. The molecule has 0 radical (unpaired) electrons. The van der Waals surface area contributed by atoms with Crippen LogP contribution in [-0.2, 0) is 4.79 Å². The van der Waals surface area contributed by atoms with Crippen molar-refractivity contribution in [1.29, 1.82) is 0 Å². The third-order valence-corrected chi connectivity index (χ3v) is 3.75. The number of nitrogens with one attached hydrogen (secondary N) is 1. The standard InChI is InChI=1S/C16H24N2O2/c1-3-15(20-14-7-5-4-6-8-14)16(19)17-13-9-11-18(2)12-10-13/h4-8,13,15H,3,9-12H2,1-2H3,(H,17,19)/t15-/m1/s1. The lowest BCUT2D eigenvalue weighted by Gasteiger charge is -2.30. The molecule has 2 rings (SSSR count). The second-order valence-electron chi connectivity index (χ2n) is 5.41. The summed E-state index contributed by atoms with van der Waals surface area (Å²) in [5.74, 6) is 0.754. The highest BCUT2D eigenvalue weighted by Crippen LogP contribution is 2.14. The van der Waals surface area contributed by atoms with Gasteiger partial charge in [-0.3, -0.25) is 4.79 Å². The molecule has 0 spiro atoms. The molecular formula is C16H24N2O2. The van der Waals surface area contributed by atoms with E-state index in [0.29, 0.717) is 6.42 Å². The van der Waals surface area contributed by atoms with Gasteiger partial charge in [0, 0.05) is 6.04 Å². The Labute approximate surface area is 121 Å². The first-order valence-corrected chi connectivity index (χ1v) is 7.39. The summed E-state index contributed by atoms with van der Waals surface area (Å²) in [4.78, 5) is 14.6. The molecule has 0 bridgehead atoms. The Hall–Kier alpha value is -1.55. The average molecular weight is 276 g/mol. The van der Waals surface area contributed by atoms with Gasteiger partial charge in [-0.05, 0) is 51.5 Å². The number of hydrogen-bond donors (Lipinski definition) is 1. The first-order chi connectivity index (χ1) is 9.69. The second-order valence-corrected chi connectivity index (χ2v) is 5.41. The van der Waals surface area contributed by atoms with Crippen LogP contribution in [0.25, 0.3) is 0 Å². The van der Waals surface area contributed by atoms with Gasteiger partial charge >= 0.3 is 0 Å². The molecule has 1 aliphatic heterocycles. The smallest absolute Gasteiger partial charge is 0.261 e. The third kappa shape index (κ3) is 4.23. The molecule has 1 aliphatic rings. The zero-order valence-corrected chi connectivity index (χ0v) is 12.3. The van der Waals surface area contributed by atoms with Crippen LogP contribution in [0.3, 0.4) is 0 Å². The third-order valence-electron chi connectivity index (χ3n) is 3.75. The fraction of sp³-hybridized carbons (Fsp3) is 0.562. The number of hydrogen-bond acceptors (Lipinski definition) is 3. The van der Waals surface area contributed by atoms with Crippen LogP contribution in [0, 0.1) is 0 Å². The fourth-order valence-electron chi connectivity index (χ4n) is 2.43. The van der Waals surface area contributed by atoms with E-state index in [1.807, 2.05) is 37.3 Å². The molecule has 0 saturated carbocycles. The normalized spacial score (nSPS) is 18.5. The number of likely N-dealkylation sites (tertiary alicyclic amines) is 1. The Morgan fingerprint density at radius 1 is 1.35 bits per heavy atom. The molecular weight excluding hydrogens is 252 g/mol. The van der Waals surface area contributed by atoms with Crippen LogP contribution in [-0.4, -0.2) is 43.1 Å². The van der Waals surface area contributed by atoms with E-state index < -0.39 is 6.10 Å². The lowest BCUT2D eigenvalue weighted by molar-refractivity contribution is -0.129. The van der Waals surface area contributed by atoms with E-state index >= 15 is 0 Å². The van der Waals surface area contributed by atoms with Crippen molar-refractivity contribution in [3.63, 3.8) is 0 Å². The molecule has 20 heavy (non-hydrogen) atoms. The van der Waals surface area contributed by atoms with Crippen LogP contribution in [0.15, 0.2) is 30.3 Å². The van der Waals surface area contributed by atoms with Gasteiger partial charge in [0.1, 0.15) is 5.75 Å². The van der Waals surface area contributed by atoms with Crippen molar-refractivity contribution in [3.05, 3.63) is 30.3 Å². The summed E-state index contributed by atoms with van der Waals surface area (Å²) in [7, 11) is 2.12. The highest BCUT2D eigenvalue weighted by Gasteiger charge is 2.23. The molecule has 4 nitrogen and oxygen atoms in total. The lowest BCUT2D eigenvalue weighted by Crippen LogP contribution is -2.47. The quantitative estimate of drug-likeness (QED) is 0.895. The van der Waals surface area contributed by atoms with E-state index in [-0.39, 0.29) is 11.9 Å². The summed E-state index contributed by atoms with van der Waals surface area (Å²) in [5.41, 5.74) is 0. The Morgan fingerprint density at radius 2 is 2.00 bits per heavy atom. The molecule has 1 atom stereocenters. The summed E-state index contributed by atoms with van der Waals surface area (Å²) in [6.07, 6.45) is 2.30. The van der Waals surface area contributed by atoms with Gasteiger partial charge in [-0.1, -0.05) is 25.1 Å². The van der Waals surface area contributed by atoms with Crippen molar-refractivity contribution in [3.8, 4) is 5.75 Å². The predicted molar refractivity (Wildman–Crippen MR) is 79.8 cm³/mol.